The number of nitro benzene ring substituents is 1. The molecule has 0 aliphatic carbocycles. The standard InChI is InChI=1S/C18H22Br2N4O7/c1-17(2,19)15(25)29-9-7-23(8-10-30-16(26)18(3,4)20)11-5-6-12(24(27)28)14-13(11)21-31-22-14/h5-6H,7-10H2,1-4H3. The molecular weight excluding hydrogens is 544 g/mol. The number of hydrogen-bond donors (Lipinski definition) is 0. The van der Waals surface area contributed by atoms with E-state index in [1.807, 2.05) is 0 Å². The largest absolute Gasteiger partial charge is 0.463 e. The van der Waals surface area contributed by atoms with Crippen molar-refractivity contribution in [3.8, 4) is 0 Å². The zero-order valence-electron chi connectivity index (χ0n) is 17.4. The second-order valence-electron chi connectivity index (χ2n) is 7.53. The number of benzene rings is 1. The van der Waals surface area contributed by atoms with Crippen LogP contribution in [0.25, 0.3) is 11.0 Å². The van der Waals surface area contributed by atoms with Gasteiger partial charge in [-0.3, -0.25) is 19.7 Å². The lowest BCUT2D eigenvalue weighted by Crippen LogP contribution is -2.36. The molecule has 1 heterocycles. The van der Waals surface area contributed by atoms with Crippen LogP contribution in [0.1, 0.15) is 27.7 Å². The summed E-state index contributed by atoms with van der Waals surface area (Å²) in [5.41, 5.74) is 0.378. The summed E-state index contributed by atoms with van der Waals surface area (Å²) in [6.45, 7) is 7.12. The Bertz CT molecular complexity index is 934. The van der Waals surface area contributed by atoms with Crippen molar-refractivity contribution in [1.29, 1.82) is 0 Å². The van der Waals surface area contributed by atoms with Gasteiger partial charge in [0.25, 0.3) is 0 Å². The molecule has 1 aromatic carbocycles. The first-order valence-corrected chi connectivity index (χ1v) is 10.8. The number of nitro groups is 1. The van der Waals surface area contributed by atoms with E-state index in [-0.39, 0.29) is 43.0 Å². The molecule has 0 radical (unpaired) electrons. The molecule has 0 aliphatic heterocycles. The minimum atomic E-state index is -0.842. The summed E-state index contributed by atoms with van der Waals surface area (Å²) < 4.78 is 13.6. The molecule has 170 valence electrons. The first-order chi connectivity index (χ1) is 14.3. The molecule has 0 atom stereocenters. The summed E-state index contributed by atoms with van der Waals surface area (Å²) in [5.74, 6) is -0.895. The quantitative estimate of drug-likeness (QED) is 0.182. The van der Waals surface area contributed by atoms with Gasteiger partial charge in [0.1, 0.15) is 21.9 Å². The molecule has 31 heavy (non-hydrogen) atoms. The summed E-state index contributed by atoms with van der Waals surface area (Å²) in [6.07, 6.45) is 0. The van der Waals surface area contributed by atoms with E-state index < -0.39 is 25.5 Å². The van der Waals surface area contributed by atoms with E-state index in [0.717, 1.165) is 0 Å². The van der Waals surface area contributed by atoms with Gasteiger partial charge in [0.2, 0.25) is 5.52 Å². The normalized spacial score (nSPS) is 11.9. The number of ether oxygens (including phenoxy) is 2. The summed E-state index contributed by atoms with van der Waals surface area (Å²) in [7, 11) is 0. The van der Waals surface area contributed by atoms with Gasteiger partial charge >= 0.3 is 17.6 Å². The van der Waals surface area contributed by atoms with E-state index in [2.05, 4.69) is 42.2 Å². The third-order valence-electron chi connectivity index (χ3n) is 4.07. The molecule has 0 saturated carbocycles. The van der Waals surface area contributed by atoms with Crippen LogP contribution in [0.2, 0.25) is 0 Å². The third-order valence-corrected chi connectivity index (χ3v) is 4.72. The molecule has 2 rings (SSSR count). The van der Waals surface area contributed by atoms with Crippen LogP contribution in [0, 0.1) is 10.1 Å². The number of rotatable bonds is 10. The van der Waals surface area contributed by atoms with Crippen molar-refractivity contribution < 1.29 is 28.6 Å². The molecule has 0 spiro atoms. The maximum atomic E-state index is 12.0. The highest BCUT2D eigenvalue weighted by Crippen LogP contribution is 2.31. The molecule has 2 aromatic rings. The van der Waals surface area contributed by atoms with E-state index in [1.54, 1.807) is 32.6 Å². The molecule has 13 heteroatoms. The first-order valence-electron chi connectivity index (χ1n) is 9.19. The van der Waals surface area contributed by atoms with Crippen LogP contribution in [-0.4, -0.2) is 62.1 Å². The van der Waals surface area contributed by atoms with Crippen molar-refractivity contribution in [2.24, 2.45) is 0 Å². The van der Waals surface area contributed by atoms with Crippen LogP contribution in [0.4, 0.5) is 11.4 Å². The van der Waals surface area contributed by atoms with Gasteiger partial charge in [0, 0.05) is 6.07 Å². The Morgan fingerprint density at radius 3 is 1.97 bits per heavy atom. The Kier molecular flexibility index (Phi) is 7.98. The molecule has 0 aliphatic rings. The maximum Gasteiger partial charge on any atom is 0.322 e. The zero-order valence-corrected chi connectivity index (χ0v) is 20.6. The number of non-ortho nitro benzene ring substituents is 1. The third kappa shape index (κ3) is 6.60. The van der Waals surface area contributed by atoms with Gasteiger partial charge in [-0.2, -0.15) is 0 Å². The summed E-state index contributed by atoms with van der Waals surface area (Å²) in [6, 6.07) is 2.78. The fraction of sp³-hybridized carbons (Fsp3) is 0.556. The summed E-state index contributed by atoms with van der Waals surface area (Å²) >= 11 is 6.47. The Balaban J connectivity index is 2.23. The molecule has 0 unspecified atom stereocenters. The van der Waals surface area contributed by atoms with Crippen LogP contribution in [0.3, 0.4) is 0 Å². The van der Waals surface area contributed by atoms with Gasteiger partial charge in [0.05, 0.1) is 23.7 Å². The molecule has 0 amide bonds. The van der Waals surface area contributed by atoms with Gasteiger partial charge in [-0.1, -0.05) is 31.9 Å². The molecule has 0 N–H and O–H groups in total. The number of aromatic nitrogens is 2. The monoisotopic (exact) mass is 564 g/mol. The number of carbonyl (C=O) groups is 2. The minimum Gasteiger partial charge on any atom is -0.463 e. The molecule has 0 bridgehead atoms. The van der Waals surface area contributed by atoms with E-state index >= 15 is 0 Å². The first kappa shape index (κ1) is 25.0. The van der Waals surface area contributed by atoms with Crippen LogP contribution in [0.5, 0.6) is 0 Å². The lowest BCUT2D eigenvalue weighted by molar-refractivity contribution is -0.383. The fourth-order valence-electron chi connectivity index (χ4n) is 2.44. The molecule has 1 aromatic heterocycles. The lowest BCUT2D eigenvalue weighted by Gasteiger charge is -2.26. The highest BCUT2D eigenvalue weighted by atomic mass is 79.9. The number of esters is 2. The fourth-order valence-corrected chi connectivity index (χ4v) is 2.66. The van der Waals surface area contributed by atoms with Crippen molar-refractivity contribution in [3.63, 3.8) is 0 Å². The Hall–Kier alpha value is -2.28. The molecular formula is C18H22Br2N4O7. The topological polar surface area (TPSA) is 138 Å². The maximum absolute atomic E-state index is 12.0. The number of hydrogen-bond acceptors (Lipinski definition) is 10. The van der Waals surface area contributed by atoms with E-state index in [1.165, 1.54) is 12.1 Å². The van der Waals surface area contributed by atoms with Gasteiger partial charge in [-0.25, -0.2) is 4.63 Å². The SMILES string of the molecule is CC(C)(Br)C(=O)OCCN(CCOC(=O)C(C)(C)Br)c1ccc([N+](=O)[O-])c2nonc12. The van der Waals surface area contributed by atoms with Crippen LogP contribution >= 0.6 is 31.9 Å². The minimum absolute atomic E-state index is 0.00956. The lowest BCUT2D eigenvalue weighted by atomic mass is 10.2. The summed E-state index contributed by atoms with van der Waals surface area (Å²) in [5, 5.41) is 18.6. The number of anilines is 1. The second kappa shape index (κ2) is 9.90. The smallest absolute Gasteiger partial charge is 0.322 e. The van der Waals surface area contributed by atoms with Gasteiger partial charge < -0.3 is 14.4 Å². The molecule has 11 nitrogen and oxygen atoms in total. The highest BCUT2D eigenvalue weighted by molar-refractivity contribution is 9.10. The number of alkyl halides is 2. The Labute approximate surface area is 194 Å². The van der Waals surface area contributed by atoms with Crippen LogP contribution in [-0.2, 0) is 19.1 Å². The van der Waals surface area contributed by atoms with Gasteiger partial charge in [-0.05, 0) is 44.1 Å². The predicted octanol–water partition coefficient (Wildman–Crippen LogP) is 3.37. The molecule has 0 fully saturated rings. The number of fused-ring (bicyclic) bond motifs is 1. The predicted molar refractivity (Wildman–Crippen MR) is 119 cm³/mol. The molecule has 0 saturated heterocycles. The van der Waals surface area contributed by atoms with Gasteiger partial charge in [-0.15, -0.1) is 0 Å². The number of carbonyl (C=O) groups excluding carboxylic acids is 2. The van der Waals surface area contributed by atoms with Crippen LogP contribution in [0.15, 0.2) is 16.8 Å². The second-order valence-corrected chi connectivity index (χ2v) is 11.5. The van der Waals surface area contributed by atoms with Crippen molar-refractivity contribution in [2.75, 3.05) is 31.2 Å². The van der Waals surface area contributed by atoms with Crippen molar-refractivity contribution in [3.05, 3.63) is 22.2 Å². The average molecular weight is 566 g/mol. The van der Waals surface area contributed by atoms with E-state index in [4.69, 9.17) is 14.1 Å². The van der Waals surface area contributed by atoms with Crippen molar-refractivity contribution in [1.82, 2.24) is 10.3 Å². The average Bonchev–Trinajstić information content (AvgIpc) is 3.13. The Morgan fingerprint density at radius 1 is 1.03 bits per heavy atom. The number of halogens is 2. The van der Waals surface area contributed by atoms with Crippen molar-refractivity contribution >= 4 is 66.2 Å². The van der Waals surface area contributed by atoms with Gasteiger partial charge in [0.15, 0.2) is 5.52 Å². The van der Waals surface area contributed by atoms with E-state index in [9.17, 15) is 19.7 Å². The summed E-state index contributed by atoms with van der Waals surface area (Å²) in [4.78, 5) is 36.4. The highest BCUT2D eigenvalue weighted by Gasteiger charge is 2.28. The number of nitrogens with zero attached hydrogens (tertiary/aromatic N) is 4. The zero-order chi connectivity index (χ0) is 23.4. The Morgan fingerprint density at radius 2 is 1.52 bits per heavy atom. The van der Waals surface area contributed by atoms with E-state index in [0.29, 0.717) is 5.69 Å². The van der Waals surface area contributed by atoms with Crippen molar-refractivity contribution in [2.45, 2.75) is 36.3 Å². The van der Waals surface area contributed by atoms with Crippen LogP contribution < -0.4 is 4.90 Å².